The van der Waals surface area contributed by atoms with Crippen LogP contribution in [-0.2, 0) is 6.54 Å². The number of carbonyl (C=O) groups excluding carboxylic acids is 1. The number of nitrogens with zero attached hydrogens (tertiary/aromatic N) is 2. The van der Waals surface area contributed by atoms with Crippen LogP contribution in [0.1, 0.15) is 16.1 Å². The maximum Gasteiger partial charge on any atom is 0.348 e. The lowest BCUT2D eigenvalue weighted by Crippen LogP contribution is -2.26. The van der Waals surface area contributed by atoms with Gasteiger partial charge in [0.05, 0.1) is 6.54 Å². The second-order valence-corrected chi connectivity index (χ2v) is 5.16. The van der Waals surface area contributed by atoms with E-state index in [-0.39, 0.29) is 12.3 Å². The molecular formula is C13H11IN2O2. The first-order chi connectivity index (χ1) is 8.56. The third kappa shape index (κ3) is 3.04. The summed E-state index contributed by atoms with van der Waals surface area (Å²) in [5.41, 5.74) is 0.856. The van der Waals surface area contributed by atoms with Crippen LogP contribution in [0.4, 0.5) is 0 Å². The van der Waals surface area contributed by atoms with E-state index in [1.807, 2.05) is 12.1 Å². The van der Waals surface area contributed by atoms with Crippen molar-refractivity contribution in [3.05, 3.63) is 61.8 Å². The lowest BCUT2D eigenvalue weighted by Gasteiger charge is -2.04. The second kappa shape index (κ2) is 5.43. The molecule has 0 aliphatic rings. The van der Waals surface area contributed by atoms with Crippen molar-refractivity contribution in [2.24, 2.45) is 0 Å². The average Bonchev–Trinajstić information content (AvgIpc) is 2.33. The summed E-state index contributed by atoms with van der Waals surface area (Å²) in [6.07, 6.45) is 1.59. The number of ketones is 1. The van der Waals surface area contributed by atoms with Gasteiger partial charge in [0.1, 0.15) is 0 Å². The molecule has 2 aromatic rings. The average molecular weight is 354 g/mol. The van der Waals surface area contributed by atoms with E-state index in [4.69, 9.17) is 0 Å². The van der Waals surface area contributed by atoms with Gasteiger partial charge < -0.3 is 0 Å². The van der Waals surface area contributed by atoms with Crippen molar-refractivity contribution in [1.82, 2.24) is 9.55 Å². The van der Waals surface area contributed by atoms with E-state index in [1.54, 1.807) is 31.3 Å². The van der Waals surface area contributed by atoms with Gasteiger partial charge in [-0.15, -0.1) is 0 Å². The fourth-order valence-corrected chi connectivity index (χ4v) is 1.88. The number of rotatable bonds is 3. The molecule has 2 rings (SSSR count). The van der Waals surface area contributed by atoms with Crippen molar-refractivity contribution >= 4 is 28.4 Å². The molecule has 0 fully saturated rings. The molecular weight excluding hydrogens is 343 g/mol. The minimum Gasteiger partial charge on any atom is -0.292 e. The lowest BCUT2D eigenvalue weighted by atomic mass is 10.1. The fraction of sp³-hybridized carbons (Fsp3) is 0.154. The number of hydrogen-bond donors (Lipinski definition) is 0. The molecule has 0 N–H and O–H groups in total. The smallest absolute Gasteiger partial charge is 0.292 e. The molecule has 0 aliphatic carbocycles. The minimum atomic E-state index is -0.395. The number of aromatic nitrogens is 2. The molecule has 0 spiro atoms. The quantitative estimate of drug-likeness (QED) is 0.626. The Morgan fingerprint density at radius 3 is 2.56 bits per heavy atom. The number of Topliss-reactive ketones (excluding diaryl/α,β-unsaturated/α-hetero) is 1. The van der Waals surface area contributed by atoms with Crippen molar-refractivity contribution in [3.8, 4) is 0 Å². The van der Waals surface area contributed by atoms with Gasteiger partial charge in [-0.1, -0.05) is 12.1 Å². The third-order valence-corrected chi connectivity index (χ3v) is 3.21. The van der Waals surface area contributed by atoms with Crippen LogP contribution in [-0.4, -0.2) is 15.3 Å². The van der Waals surface area contributed by atoms with Crippen molar-refractivity contribution in [2.75, 3.05) is 0 Å². The van der Waals surface area contributed by atoms with Gasteiger partial charge in [-0.05, 0) is 47.7 Å². The summed E-state index contributed by atoms with van der Waals surface area (Å²) < 4.78 is 2.38. The molecule has 0 bridgehead atoms. The van der Waals surface area contributed by atoms with Crippen molar-refractivity contribution in [2.45, 2.75) is 13.5 Å². The predicted octanol–water partition coefficient (Wildman–Crippen LogP) is 2.04. The SMILES string of the molecule is Cc1ccn(CC(=O)c2ccc(I)cc2)c(=O)n1. The summed E-state index contributed by atoms with van der Waals surface area (Å²) in [5.74, 6) is -0.0980. The Morgan fingerprint density at radius 1 is 1.28 bits per heavy atom. The monoisotopic (exact) mass is 354 g/mol. The van der Waals surface area contributed by atoms with E-state index >= 15 is 0 Å². The number of aryl methyl sites for hydroxylation is 1. The van der Waals surface area contributed by atoms with E-state index in [0.717, 1.165) is 3.57 Å². The molecule has 1 aromatic carbocycles. The highest BCUT2D eigenvalue weighted by atomic mass is 127. The van der Waals surface area contributed by atoms with E-state index in [2.05, 4.69) is 27.6 Å². The molecule has 0 saturated heterocycles. The van der Waals surface area contributed by atoms with Crippen LogP contribution in [0.3, 0.4) is 0 Å². The van der Waals surface area contributed by atoms with Gasteiger partial charge in [0, 0.05) is 21.0 Å². The number of hydrogen-bond acceptors (Lipinski definition) is 3. The van der Waals surface area contributed by atoms with Crippen LogP contribution < -0.4 is 5.69 Å². The van der Waals surface area contributed by atoms with Crippen LogP contribution in [0.15, 0.2) is 41.3 Å². The molecule has 18 heavy (non-hydrogen) atoms. The first-order valence-electron chi connectivity index (χ1n) is 5.39. The Hall–Kier alpha value is -1.50. The number of halogens is 1. The van der Waals surface area contributed by atoms with Crippen molar-refractivity contribution in [3.63, 3.8) is 0 Å². The van der Waals surface area contributed by atoms with Gasteiger partial charge >= 0.3 is 5.69 Å². The third-order valence-electron chi connectivity index (χ3n) is 2.49. The lowest BCUT2D eigenvalue weighted by molar-refractivity contribution is 0.0970. The van der Waals surface area contributed by atoms with Crippen LogP contribution in [0.5, 0.6) is 0 Å². The largest absolute Gasteiger partial charge is 0.348 e. The Kier molecular flexibility index (Phi) is 3.90. The Labute approximate surface area is 118 Å². The molecule has 0 unspecified atom stereocenters. The maximum atomic E-state index is 12.0. The zero-order valence-corrected chi connectivity index (χ0v) is 11.9. The Bertz CT molecular complexity index is 632. The summed E-state index contributed by atoms with van der Waals surface area (Å²) in [6, 6.07) is 8.96. The van der Waals surface area contributed by atoms with Crippen molar-refractivity contribution < 1.29 is 4.79 Å². The summed E-state index contributed by atoms with van der Waals surface area (Å²) in [5, 5.41) is 0. The molecule has 0 amide bonds. The normalized spacial score (nSPS) is 10.3. The van der Waals surface area contributed by atoms with Crippen LogP contribution in [0.25, 0.3) is 0 Å². The van der Waals surface area contributed by atoms with Crippen molar-refractivity contribution in [1.29, 1.82) is 0 Å². The highest BCUT2D eigenvalue weighted by Crippen LogP contribution is 2.08. The molecule has 0 atom stereocenters. The molecule has 92 valence electrons. The Balaban J connectivity index is 2.21. The molecule has 0 saturated carbocycles. The van der Waals surface area contributed by atoms with Crippen LogP contribution in [0, 0.1) is 10.5 Å². The summed E-state index contributed by atoms with van der Waals surface area (Å²) in [4.78, 5) is 27.3. The molecule has 1 heterocycles. The highest BCUT2D eigenvalue weighted by Gasteiger charge is 2.08. The summed E-state index contributed by atoms with van der Waals surface area (Å²) in [6.45, 7) is 1.76. The minimum absolute atomic E-state index is 0.0205. The topological polar surface area (TPSA) is 52.0 Å². The van der Waals surface area contributed by atoms with E-state index < -0.39 is 5.69 Å². The fourth-order valence-electron chi connectivity index (χ4n) is 1.52. The summed E-state index contributed by atoms with van der Waals surface area (Å²) >= 11 is 2.18. The van der Waals surface area contributed by atoms with E-state index in [0.29, 0.717) is 11.3 Å². The van der Waals surface area contributed by atoms with Gasteiger partial charge in [-0.2, -0.15) is 4.98 Å². The van der Waals surface area contributed by atoms with Gasteiger partial charge in [0.2, 0.25) is 0 Å². The first kappa shape index (κ1) is 12.9. The van der Waals surface area contributed by atoms with Gasteiger partial charge in [0.25, 0.3) is 0 Å². The van der Waals surface area contributed by atoms with Gasteiger partial charge in [-0.25, -0.2) is 4.79 Å². The molecule has 1 aromatic heterocycles. The van der Waals surface area contributed by atoms with Crippen LogP contribution in [0.2, 0.25) is 0 Å². The molecule has 0 aliphatic heterocycles. The van der Waals surface area contributed by atoms with Crippen LogP contribution >= 0.6 is 22.6 Å². The molecule has 0 radical (unpaired) electrons. The molecule has 4 nitrogen and oxygen atoms in total. The second-order valence-electron chi connectivity index (χ2n) is 3.91. The van der Waals surface area contributed by atoms with E-state index in [9.17, 15) is 9.59 Å². The maximum absolute atomic E-state index is 12.0. The Morgan fingerprint density at radius 2 is 1.94 bits per heavy atom. The predicted molar refractivity (Wildman–Crippen MR) is 76.7 cm³/mol. The summed E-state index contributed by atoms with van der Waals surface area (Å²) in [7, 11) is 0. The zero-order chi connectivity index (χ0) is 13.1. The van der Waals surface area contributed by atoms with E-state index in [1.165, 1.54) is 4.57 Å². The highest BCUT2D eigenvalue weighted by molar-refractivity contribution is 14.1. The number of benzene rings is 1. The zero-order valence-electron chi connectivity index (χ0n) is 9.76. The standard InChI is InChI=1S/C13H11IN2O2/c1-9-6-7-16(13(18)15-9)8-12(17)10-2-4-11(14)5-3-10/h2-7H,8H2,1H3. The van der Waals surface area contributed by atoms with Gasteiger partial charge in [0.15, 0.2) is 5.78 Å². The first-order valence-corrected chi connectivity index (χ1v) is 6.47. The number of carbonyl (C=O) groups is 1. The molecule has 5 heteroatoms. The van der Waals surface area contributed by atoms with Gasteiger partial charge in [-0.3, -0.25) is 9.36 Å².